The fraction of sp³-hybridized carbons (Fsp3) is 0.500. The first-order valence-electron chi connectivity index (χ1n) is 5.66. The first kappa shape index (κ1) is 12.5. The number of ether oxygens (including phenoxy) is 1. The van der Waals surface area contributed by atoms with Gasteiger partial charge in [0.2, 0.25) is 0 Å². The molecular formula is C12H15BrN2O2. The zero-order valence-corrected chi connectivity index (χ0v) is 11.3. The molecule has 1 aromatic heterocycles. The predicted octanol–water partition coefficient (Wildman–Crippen LogP) is 2.10. The minimum absolute atomic E-state index is 0.0759. The topological polar surface area (TPSA) is 42.4 Å². The van der Waals surface area contributed by atoms with Gasteiger partial charge >= 0.3 is 0 Å². The third-order valence-corrected chi connectivity index (χ3v) is 3.45. The number of aromatic nitrogens is 1. The van der Waals surface area contributed by atoms with Gasteiger partial charge in [-0.15, -0.1) is 0 Å². The summed E-state index contributed by atoms with van der Waals surface area (Å²) in [5.41, 5.74) is 0.452. The Kier molecular flexibility index (Phi) is 4.12. The van der Waals surface area contributed by atoms with E-state index < -0.39 is 0 Å². The van der Waals surface area contributed by atoms with Gasteiger partial charge in [0, 0.05) is 30.9 Å². The highest BCUT2D eigenvalue weighted by molar-refractivity contribution is 9.10. The van der Waals surface area contributed by atoms with Crippen LogP contribution in [0.3, 0.4) is 0 Å². The number of likely N-dealkylation sites (N-methyl/N-ethyl adjacent to an activating group) is 1. The van der Waals surface area contributed by atoms with E-state index in [1.807, 2.05) is 6.07 Å². The molecule has 1 aromatic rings. The molecule has 1 aliphatic rings. The second kappa shape index (κ2) is 5.60. The molecule has 1 atom stereocenters. The van der Waals surface area contributed by atoms with Gasteiger partial charge in [-0.1, -0.05) is 0 Å². The molecule has 0 saturated carbocycles. The Morgan fingerprint density at radius 1 is 1.71 bits per heavy atom. The number of amides is 1. The minimum Gasteiger partial charge on any atom is -0.376 e. The van der Waals surface area contributed by atoms with Crippen LogP contribution in [-0.4, -0.2) is 42.1 Å². The SMILES string of the molecule is CN(CC1CCCO1)C(=O)c1ncccc1Br. The molecule has 1 amide bonds. The number of halogens is 1. The first-order chi connectivity index (χ1) is 8.18. The summed E-state index contributed by atoms with van der Waals surface area (Å²) in [4.78, 5) is 17.9. The quantitative estimate of drug-likeness (QED) is 0.858. The first-order valence-corrected chi connectivity index (χ1v) is 6.45. The van der Waals surface area contributed by atoms with Crippen LogP contribution < -0.4 is 0 Å². The Morgan fingerprint density at radius 2 is 2.53 bits per heavy atom. The summed E-state index contributed by atoms with van der Waals surface area (Å²) < 4.78 is 6.24. The van der Waals surface area contributed by atoms with Crippen molar-refractivity contribution in [3.8, 4) is 0 Å². The fourth-order valence-electron chi connectivity index (χ4n) is 1.90. The van der Waals surface area contributed by atoms with Crippen molar-refractivity contribution in [1.29, 1.82) is 0 Å². The van der Waals surface area contributed by atoms with Crippen LogP contribution in [0.4, 0.5) is 0 Å². The molecule has 92 valence electrons. The average Bonchev–Trinajstić information content (AvgIpc) is 2.81. The van der Waals surface area contributed by atoms with Crippen LogP contribution in [0.1, 0.15) is 23.3 Å². The molecule has 17 heavy (non-hydrogen) atoms. The van der Waals surface area contributed by atoms with E-state index >= 15 is 0 Å². The maximum atomic E-state index is 12.1. The molecule has 2 heterocycles. The summed E-state index contributed by atoms with van der Waals surface area (Å²) in [7, 11) is 1.78. The van der Waals surface area contributed by atoms with Crippen LogP contribution in [-0.2, 0) is 4.74 Å². The number of hydrogen-bond donors (Lipinski definition) is 0. The fourth-order valence-corrected chi connectivity index (χ4v) is 2.33. The number of carbonyl (C=O) groups excluding carboxylic acids is 1. The third-order valence-electron chi connectivity index (χ3n) is 2.81. The highest BCUT2D eigenvalue weighted by atomic mass is 79.9. The van der Waals surface area contributed by atoms with Crippen molar-refractivity contribution in [2.45, 2.75) is 18.9 Å². The zero-order valence-electron chi connectivity index (χ0n) is 9.73. The van der Waals surface area contributed by atoms with Gasteiger partial charge in [-0.2, -0.15) is 0 Å². The summed E-state index contributed by atoms with van der Waals surface area (Å²) in [5.74, 6) is -0.0759. The van der Waals surface area contributed by atoms with Crippen LogP contribution in [0.25, 0.3) is 0 Å². The molecule has 0 aromatic carbocycles. The van der Waals surface area contributed by atoms with Gasteiger partial charge in [0.25, 0.3) is 5.91 Å². The molecule has 0 radical (unpaired) electrons. The largest absolute Gasteiger partial charge is 0.376 e. The lowest BCUT2D eigenvalue weighted by Gasteiger charge is -2.20. The van der Waals surface area contributed by atoms with E-state index in [-0.39, 0.29) is 12.0 Å². The molecule has 0 spiro atoms. The summed E-state index contributed by atoms with van der Waals surface area (Å²) in [5, 5.41) is 0. The maximum absolute atomic E-state index is 12.1. The Labute approximate surface area is 109 Å². The molecule has 1 unspecified atom stereocenters. The van der Waals surface area contributed by atoms with Gasteiger partial charge in [-0.05, 0) is 40.9 Å². The molecular weight excluding hydrogens is 284 g/mol. The molecule has 1 fully saturated rings. The van der Waals surface area contributed by atoms with E-state index in [0.717, 1.165) is 23.9 Å². The Morgan fingerprint density at radius 3 is 3.18 bits per heavy atom. The van der Waals surface area contributed by atoms with Gasteiger partial charge in [0.15, 0.2) is 0 Å². The van der Waals surface area contributed by atoms with Crippen molar-refractivity contribution in [3.05, 3.63) is 28.5 Å². The Bertz CT molecular complexity index is 405. The lowest BCUT2D eigenvalue weighted by atomic mass is 10.2. The molecule has 2 rings (SSSR count). The van der Waals surface area contributed by atoms with Crippen molar-refractivity contribution in [1.82, 2.24) is 9.88 Å². The van der Waals surface area contributed by atoms with Gasteiger partial charge in [-0.3, -0.25) is 4.79 Å². The monoisotopic (exact) mass is 298 g/mol. The van der Waals surface area contributed by atoms with Gasteiger partial charge < -0.3 is 9.64 Å². The summed E-state index contributed by atoms with van der Waals surface area (Å²) in [6, 6.07) is 3.61. The van der Waals surface area contributed by atoms with Crippen molar-refractivity contribution in [2.24, 2.45) is 0 Å². The lowest BCUT2D eigenvalue weighted by Crippen LogP contribution is -2.34. The van der Waals surface area contributed by atoms with Crippen molar-refractivity contribution >= 4 is 21.8 Å². The molecule has 0 N–H and O–H groups in total. The molecule has 1 aliphatic heterocycles. The van der Waals surface area contributed by atoms with E-state index in [2.05, 4.69) is 20.9 Å². The summed E-state index contributed by atoms with van der Waals surface area (Å²) in [6.45, 7) is 1.43. The minimum atomic E-state index is -0.0759. The molecule has 0 aliphatic carbocycles. The smallest absolute Gasteiger partial charge is 0.273 e. The summed E-state index contributed by atoms with van der Waals surface area (Å²) >= 11 is 3.34. The van der Waals surface area contributed by atoms with E-state index in [0.29, 0.717) is 12.2 Å². The van der Waals surface area contributed by atoms with Crippen LogP contribution >= 0.6 is 15.9 Å². The standard InChI is InChI=1S/C12H15BrN2O2/c1-15(8-9-4-3-7-17-9)12(16)11-10(13)5-2-6-14-11/h2,5-6,9H,3-4,7-8H2,1H3. The zero-order chi connectivity index (χ0) is 12.3. The number of carbonyl (C=O) groups is 1. The van der Waals surface area contributed by atoms with E-state index in [9.17, 15) is 4.79 Å². The van der Waals surface area contributed by atoms with Gasteiger partial charge in [0.05, 0.1) is 6.10 Å². The van der Waals surface area contributed by atoms with E-state index in [4.69, 9.17) is 4.74 Å². The summed E-state index contributed by atoms with van der Waals surface area (Å²) in [6.07, 6.45) is 3.91. The molecule has 5 heteroatoms. The van der Waals surface area contributed by atoms with Crippen LogP contribution in [0, 0.1) is 0 Å². The number of nitrogens with zero attached hydrogens (tertiary/aromatic N) is 2. The van der Waals surface area contributed by atoms with Crippen LogP contribution in [0.5, 0.6) is 0 Å². The average molecular weight is 299 g/mol. The second-order valence-corrected chi connectivity index (χ2v) is 5.01. The van der Waals surface area contributed by atoms with Gasteiger partial charge in [-0.25, -0.2) is 4.98 Å². The van der Waals surface area contributed by atoms with Crippen LogP contribution in [0.2, 0.25) is 0 Å². The molecule has 4 nitrogen and oxygen atoms in total. The normalized spacial score (nSPS) is 19.3. The Hall–Kier alpha value is -0.940. The van der Waals surface area contributed by atoms with Crippen LogP contribution in [0.15, 0.2) is 22.8 Å². The highest BCUT2D eigenvalue weighted by Gasteiger charge is 2.22. The van der Waals surface area contributed by atoms with E-state index in [1.54, 1.807) is 24.2 Å². The van der Waals surface area contributed by atoms with Gasteiger partial charge in [0.1, 0.15) is 5.69 Å². The number of hydrogen-bond acceptors (Lipinski definition) is 3. The van der Waals surface area contributed by atoms with E-state index in [1.165, 1.54) is 0 Å². The van der Waals surface area contributed by atoms with Crippen molar-refractivity contribution in [2.75, 3.05) is 20.2 Å². The Balaban J connectivity index is 2.01. The van der Waals surface area contributed by atoms with Crippen molar-refractivity contribution in [3.63, 3.8) is 0 Å². The highest BCUT2D eigenvalue weighted by Crippen LogP contribution is 2.17. The molecule has 0 bridgehead atoms. The maximum Gasteiger partial charge on any atom is 0.273 e. The second-order valence-electron chi connectivity index (χ2n) is 4.15. The number of pyridine rings is 1. The molecule has 1 saturated heterocycles. The number of rotatable bonds is 3. The lowest BCUT2D eigenvalue weighted by molar-refractivity contribution is 0.0582. The third kappa shape index (κ3) is 3.04. The van der Waals surface area contributed by atoms with Crippen molar-refractivity contribution < 1.29 is 9.53 Å². The predicted molar refractivity (Wildman–Crippen MR) is 67.9 cm³/mol.